The number of carboxylic acids is 1. The summed E-state index contributed by atoms with van der Waals surface area (Å²) in [6.07, 6.45) is -0.331. The molecule has 1 amide bonds. The minimum atomic E-state index is -1.37. The van der Waals surface area contributed by atoms with Gasteiger partial charge in [-0.05, 0) is 6.92 Å². The van der Waals surface area contributed by atoms with Gasteiger partial charge in [0.25, 0.3) is 0 Å². The fourth-order valence-corrected chi connectivity index (χ4v) is 0.912. The Morgan fingerprint density at radius 3 is 2.08 bits per heavy atom. The lowest BCUT2D eigenvalue weighted by atomic mass is 9.93. The van der Waals surface area contributed by atoms with Crippen LogP contribution < -0.4 is 11.5 Å². The minimum absolute atomic E-state index is 0.331. The average Bonchev–Trinajstić information content (AvgIpc) is 1.97. The summed E-state index contributed by atoms with van der Waals surface area (Å²) in [5, 5.41) is 8.48. The van der Waals surface area contributed by atoms with Crippen LogP contribution in [0.5, 0.6) is 0 Å². The van der Waals surface area contributed by atoms with Crippen LogP contribution in [0.3, 0.4) is 0 Å². The molecule has 0 aromatic carbocycles. The summed E-state index contributed by atoms with van der Waals surface area (Å²) in [5.74, 6) is -3.54. The maximum Gasteiger partial charge on any atom is 0.321 e. The number of rotatable bonds is 5. The third-order valence-corrected chi connectivity index (χ3v) is 1.66. The molecule has 0 saturated heterocycles. The maximum atomic E-state index is 10.9. The first-order valence-corrected chi connectivity index (χ1v) is 3.63. The highest BCUT2D eigenvalue weighted by Gasteiger charge is 2.29. The quantitative estimate of drug-likeness (QED) is 0.483. The van der Waals surface area contributed by atoms with Crippen LogP contribution in [-0.4, -0.2) is 28.8 Å². The van der Waals surface area contributed by atoms with E-state index < -0.39 is 29.6 Å². The Morgan fingerprint density at radius 1 is 1.38 bits per heavy atom. The van der Waals surface area contributed by atoms with Crippen LogP contribution in [0.1, 0.15) is 13.3 Å². The second-order valence-electron chi connectivity index (χ2n) is 2.75. The molecule has 0 heterocycles. The summed E-state index contributed by atoms with van der Waals surface area (Å²) in [4.78, 5) is 31.7. The average molecular weight is 188 g/mol. The topological polar surface area (TPSA) is 123 Å². The van der Waals surface area contributed by atoms with Gasteiger partial charge in [0.1, 0.15) is 11.8 Å². The van der Waals surface area contributed by atoms with E-state index in [0.717, 1.165) is 0 Å². The van der Waals surface area contributed by atoms with Gasteiger partial charge < -0.3 is 16.6 Å². The minimum Gasteiger partial charge on any atom is -0.480 e. The first kappa shape index (κ1) is 11.6. The van der Waals surface area contributed by atoms with Gasteiger partial charge in [0.15, 0.2) is 0 Å². The Hall–Kier alpha value is -1.43. The number of carbonyl (C=O) groups excluding carboxylic acids is 2. The van der Waals surface area contributed by atoms with Crippen molar-refractivity contribution in [1.29, 1.82) is 0 Å². The smallest absolute Gasteiger partial charge is 0.321 e. The van der Waals surface area contributed by atoms with Crippen molar-refractivity contribution in [2.24, 2.45) is 17.4 Å². The number of primary amides is 1. The summed E-state index contributed by atoms with van der Waals surface area (Å²) in [6, 6.07) is -1.37. The molecule has 0 bridgehead atoms. The largest absolute Gasteiger partial charge is 0.480 e. The number of carboxylic acid groups (broad SMARTS) is 1. The molecular formula is C7H12N2O4. The maximum absolute atomic E-state index is 10.9. The van der Waals surface area contributed by atoms with Crippen LogP contribution in [0.4, 0.5) is 0 Å². The van der Waals surface area contributed by atoms with Crippen molar-refractivity contribution in [2.75, 3.05) is 0 Å². The summed E-state index contributed by atoms with van der Waals surface area (Å²) >= 11 is 0. The SMILES string of the molecule is CC(=O)C(CC(N)=O)C(N)C(=O)O. The second kappa shape index (κ2) is 4.56. The van der Waals surface area contributed by atoms with Gasteiger partial charge in [-0.15, -0.1) is 0 Å². The molecule has 0 aliphatic carbocycles. The molecular weight excluding hydrogens is 176 g/mol. The number of carbonyl (C=O) groups is 3. The standard InChI is InChI=1S/C7H12N2O4/c1-3(10)4(2-5(8)11)6(9)7(12)13/h4,6H,2,9H2,1H3,(H2,8,11)(H,12,13). The first-order valence-electron chi connectivity index (χ1n) is 3.63. The number of ketones is 1. The van der Waals surface area contributed by atoms with Crippen LogP contribution >= 0.6 is 0 Å². The number of aliphatic carboxylic acids is 1. The Kier molecular flexibility index (Phi) is 4.06. The Morgan fingerprint density at radius 2 is 1.85 bits per heavy atom. The predicted molar refractivity (Wildman–Crippen MR) is 43.6 cm³/mol. The van der Waals surface area contributed by atoms with Crippen LogP contribution in [0.2, 0.25) is 0 Å². The Labute approximate surface area is 74.9 Å². The third-order valence-electron chi connectivity index (χ3n) is 1.66. The zero-order valence-corrected chi connectivity index (χ0v) is 7.19. The molecule has 6 heteroatoms. The number of amides is 1. The molecule has 2 atom stereocenters. The van der Waals surface area contributed by atoms with Gasteiger partial charge in [0.05, 0.1) is 5.92 Å². The molecule has 0 rings (SSSR count). The van der Waals surface area contributed by atoms with Crippen molar-refractivity contribution in [2.45, 2.75) is 19.4 Å². The van der Waals surface area contributed by atoms with Crippen molar-refractivity contribution in [3.05, 3.63) is 0 Å². The van der Waals surface area contributed by atoms with Crippen molar-refractivity contribution in [1.82, 2.24) is 0 Å². The Balaban J connectivity index is 4.51. The second-order valence-corrected chi connectivity index (χ2v) is 2.75. The molecule has 0 aromatic rings. The molecule has 0 radical (unpaired) electrons. The normalized spacial score (nSPS) is 14.6. The zero-order chi connectivity index (χ0) is 10.6. The molecule has 0 aliphatic heterocycles. The van der Waals surface area contributed by atoms with E-state index in [2.05, 4.69) is 0 Å². The van der Waals surface area contributed by atoms with Gasteiger partial charge >= 0.3 is 5.97 Å². The van der Waals surface area contributed by atoms with E-state index in [0.29, 0.717) is 0 Å². The van der Waals surface area contributed by atoms with Crippen molar-refractivity contribution < 1.29 is 19.5 Å². The van der Waals surface area contributed by atoms with Gasteiger partial charge in [0.2, 0.25) is 5.91 Å². The van der Waals surface area contributed by atoms with Gasteiger partial charge in [-0.25, -0.2) is 0 Å². The van der Waals surface area contributed by atoms with Gasteiger partial charge in [-0.2, -0.15) is 0 Å². The van der Waals surface area contributed by atoms with Gasteiger partial charge in [-0.1, -0.05) is 0 Å². The van der Waals surface area contributed by atoms with E-state index in [1.165, 1.54) is 6.92 Å². The Bertz CT molecular complexity index is 239. The fraction of sp³-hybridized carbons (Fsp3) is 0.571. The molecule has 0 aliphatic rings. The fourth-order valence-electron chi connectivity index (χ4n) is 0.912. The number of hydrogen-bond donors (Lipinski definition) is 3. The molecule has 0 spiro atoms. The summed E-state index contributed by atoms with van der Waals surface area (Å²) in [7, 11) is 0. The number of hydrogen-bond acceptors (Lipinski definition) is 4. The lowest BCUT2D eigenvalue weighted by molar-refractivity contribution is -0.142. The predicted octanol–water partition coefficient (Wildman–Crippen LogP) is -1.52. The molecule has 0 aromatic heterocycles. The molecule has 0 saturated carbocycles. The van der Waals surface area contributed by atoms with Crippen LogP contribution in [-0.2, 0) is 14.4 Å². The van der Waals surface area contributed by atoms with Crippen LogP contribution in [0.15, 0.2) is 0 Å². The molecule has 13 heavy (non-hydrogen) atoms. The van der Waals surface area contributed by atoms with Crippen molar-refractivity contribution in [3.8, 4) is 0 Å². The van der Waals surface area contributed by atoms with Crippen LogP contribution in [0.25, 0.3) is 0 Å². The monoisotopic (exact) mass is 188 g/mol. The molecule has 74 valence electrons. The first-order chi connectivity index (χ1) is 5.86. The van der Waals surface area contributed by atoms with Gasteiger partial charge in [-0.3, -0.25) is 14.4 Å². The van der Waals surface area contributed by atoms with E-state index in [9.17, 15) is 14.4 Å². The summed E-state index contributed by atoms with van der Waals surface area (Å²) in [6.45, 7) is 1.18. The lowest BCUT2D eigenvalue weighted by Crippen LogP contribution is -2.43. The third kappa shape index (κ3) is 3.66. The lowest BCUT2D eigenvalue weighted by Gasteiger charge is -2.15. The van der Waals surface area contributed by atoms with E-state index >= 15 is 0 Å². The number of Topliss-reactive ketones (excluding diaryl/α,β-unsaturated/α-hetero) is 1. The zero-order valence-electron chi connectivity index (χ0n) is 7.19. The van der Waals surface area contributed by atoms with Crippen molar-refractivity contribution in [3.63, 3.8) is 0 Å². The summed E-state index contributed by atoms with van der Waals surface area (Å²) in [5.41, 5.74) is 10.0. The molecule has 2 unspecified atom stereocenters. The molecule has 0 fully saturated rings. The highest BCUT2D eigenvalue weighted by molar-refractivity contribution is 5.90. The highest BCUT2D eigenvalue weighted by atomic mass is 16.4. The van der Waals surface area contributed by atoms with E-state index in [-0.39, 0.29) is 6.42 Å². The van der Waals surface area contributed by atoms with E-state index in [1.54, 1.807) is 0 Å². The highest BCUT2D eigenvalue weighted by Crippen LogP contribution is 2.08. The van der Waals surface area contributed by atoms with Gasteiger partial charge in [0, 0.05) is 6.42 Å². The summed E-state index contributed by atoms with van der Waals surface area (Å²) < 4.78 is 0. The van der Waals surface area contributed by atoms with E-state index in [1.807, 2.05) is 0 Å². The van der Waals surface area contributed by atoms with Crippen LogP contribution in [0, 0.1) is 5.92 Å². The van der Waals surface area contributed by atoms with Crippen molar-refractivity contribution >= 4 is 17.7 Å². The van der Waals surface area contributed by atoms with E-state index in [4.69, 9.17) is 16.6 Å². The molecule has 6 nitrogen and oxygen atoms in total. The molecule has 5 N–H and O–H groups in total. The number of nitrogens with two attached hydrogens (primary N) is 2.